The van der Waals surface area contributed by atoms with Crippen LogP contribution < -0.4 is 5.32 Å². The highest BCUT2D eigenvalue weighted by atomic mass is 32.2. The van der Waals surface area contributed by atoms with Crippen molar-refractivity contribution in [1.29, 1.82) is 0 Å². The van der Waals surface area contributed by atoms with Crippen molar-refractivity contribution in [2.75, 3.05) is 18.1 Å². The van der Waals surface area contributed by atoms with Crippen molar-refractivity contribution >= 4 is 41.0 Å². The molecule has 0 saturated carbocycles. The monoisotopic (exact) mass is 415 g/mol. The Morgan fingerprint density at radius 3 is 2.76 bits per heavy atom. The highest BCUT2D eigenvalue weighted by Gasteiger charge is 2.34. The summed E-state index contributed by atoms with van der Waals surface area (Å²) in [6.07, 6.45) is 0.147. The lowest BCUT2D eigenvalue weighted by molar-refractivity contribution is -0.129. The summed E-state index contributed by atoms with van der Waals surface area (Å²) in [4.78, 5) is 40.9. The zero-order valence-electron chi connectivity index (χ0n) is 16.6. The third kappa shape index (κ3) is 4.70. The molecule has 1 aromatic heterocycles. The maximum Gasteiger partial charge on any atom is 0.349 e. The second-order valence-electron chi connectivity index (χ2n) is 6.74. The van der Waals surface area contributed by atoms with Gasteiger partial charge in [0.15, 0.2) is 0 Å². The number of amides is 4. The number of anilines is 1. The van der Waals surface area contributed by atoms with Gasteiger partial charge in [0.1, 0.15) is 0 Å². The summed E-state index contributed by atoms with van der Waals surface area (Å²) in [6, 6.07) is 5.14. The molecule has 0 saturated heterocycles. The average molecular weight is 415 g/mol. The first-order valence-electron chi connectivity index (χ1n) is 8.94. The van der Waals surface area contributed by atoms with Gasteiger partial charge in [-0.05, 0) is 38.0 Å². The molecule has 1 aromatic carbocycles. The van der Waals surface area contributed by atoms with Gasteiger partial charge in [0.2, 0.25) is 17.7 Å². The minimum Gasteiger partial charge on any atom is -0.416 e. The molecule has 29 heavy (non-hydrogen) atoms. The molecule has 4 amide bonds. The predicted molar refractivity (Wildman–Crippen MR) is 108 cm³/mol. The molecular weight excluding hydrogens is 394 g/mol. The third-order valence-electron chi connectivity index (χ3n) is 4.72. The normalized spacial score (nSPS) is 16.8. The molecule has 2 heterocycles. The van der Waals surface area contributed by atoms with E-state index in [9.17, 15) is 14.4 Å². The Morgan fingerprint density at radius 2 is 2.00 bits per heavy atom. The average Bonchev–Trinajstić information content (AvgIpc) is 3.13. The van der Waals surface area contributed by atoms with E-state index in [1.54, 1.807) is 6.92 Å². The molecule has 1 N–H and O–H groups in total. The van der Waals surface area contributed by atoms with Crippen LogP contribution in [0.2, 0.25) is 0 Å². The number of benzene rings is 1. The van der Waals surface area contributed by atoms with Crippen LogP contribution in [0.15, 0.2) is 32.8 Å². The Balaban J connectivity index is 1.57. The van der Waals surface area contributed by atoms with Gasteiger partial charge in [0, 0.05) is 24.9 Å². The summed E-state index contributed by atoms with van der Waals surface area (Å²) in [5.41, 5.74) is 3.30. The van der Waals surface area contributed by atoms with E-state index in [2.05, 4.69) is 20.5 Å². The van der Waals surface area contributed by atoms with Crippen LogP contribution in [0.3, 0.4) is 0 Å². The summed E-state index contributed by atoms with van der Waals surface area (Å²) in [5.74, 6) is -0.812. The highest BCUT2D eigenvalue weighted by molar-refractivity contribution is 7.99. The van der Waals surface area contributed by atoms with Crippen molar-refractivity contribution in [2.45, 2.75) is 32.4 Å². The second-order valence-corrected chi connectivity index (χ2v) is 7.66. The topological polar surface area (TPSA) is 118 Å². The number of aliphatic imine (C=N–C) groups is 1. The van der Waals surface area contributed by atoms with E-state index in [1.165, 1.54) is 7.05 Å². The van der Waals surface area contributed by atoms with Crippen LogP contribution in [0.25, 0.3) is 0 Å². The van der Waals surface area contributed by atoms with Crippen LogP contribution >= 0.6 is 11.8 Å². The first kappa shape index (κ1) is 20.7. The van der Waals surface area contributed by atoms with Gasteiger partial charge in [-0.25, -0.2) is 9.79 Å². The number of urea groups is 1. The van der Waals surface area contributed by atoms with Crippen LogP contribution in [0.4, 0.5) is 10.5 Å². The number of nitrogens with zero attached hydrogens (tertiary/aromatic N) is 4. The fourth-order valence-electron chi connectivity index (χ4n) is 2.80. The number of aryl methyl sites for hydroxylation is 1. The van der Waals surface area contributed by atoms with Crippen LogP contribution in [-0.4, -0.2) is 51.5 Å². The van der Waals surface area contributed by atoms with Gasteiger partial charge >= 0.3 is 6.03 Å². The Bertz CT molecular complexity index is 1000. The molecule has 0 radical (unpaired) electrons. The SMILES string of the molecule is CC1=NC(=O)N(C)C(=O)C1Cc1nnc(SCC(=O)Nc2cccc(C)c2C)o1. The predicted octanol–water partition coefficient (Wildman–Crippen LogP) is 2.63. The maximum atomic E-state index is 12.3. The van der Waals surface area contributed by atoms with Gasteiger partial charge < -0.3 is 9.73 Å². The Kier molecular flexibility index (Phi) is 6.12. The molecule has 0 bridgehead atoms. The van der Waals surface area contributed by atoms with Crippen molar-refractivity contribution in [2.24, 2.45) is 10.9 Å². The fourth-order valence-corrected chi connectivity index (χ4v) is 3.38. The molecule has 1 aliphatic heterocycles. The molecule has 1 unspecified atom stereocenters. The quantitative estimate of drug-likeness (QED) is 0.721. The summed E-state index contributed by atoms with van der Waals surface area (Å²) >= 11 is 1.11. The van der Waals surface area contributed by atoms with Gasteiger partial charge in [-0.2, -0.15) is 0 Å². The number of rotatable bonds is 6. The summed E-state index contributed by atoms with van der Waals surface area (Å²) in [6.45, 7) is 5.55. The Morgan fingerprint density at radius 1 is 1.24 bits per heavy atom. The number of imide groups is 1. The Labute approximate surface area is 172 Å². The van der Waals surface area contributed by atoms with Gasteiger partial charge in [-0.15, -0.1) is 10.2 Å². The largest absolute Gasteiger partial charge is 0.416 e. The molecule has 0 fully saturated rings. The van der Waals surface area contributed by atoms with E-state index in [0.29, 0.717) is 5.71 Å². The number of hydrogen-bond donors (Lipinski definition) is 1. The van der Waals surface area contributed by atoms with Crippen LogP contribution in [-0.2, 0) is 16.0 Å². The highest BCUT2D eigenvalue weighted by Crippen LogP contribution is 2.22. The summed E-state index contributed by atoms with van der Waals surface area (Å²) in [5, 5.41) is 10.9. The molecule has 0 aliphatic carbocycles. The third-order valence-corrected chi connectivity index (χ3v) is 5.54. The molecule has 0 spiro atoms. The van der Waals surface area contributed by atoms with Crippen LogP contribution in [0.5, 0.6) is 0 Å². The number of hydrogen-bond acceptors (Lipinski definition) is 7. The van der Waals surface area contributed by atoms with E-state index in [-0.39, 0.29) is 35.1 Å². The standard InChI is InChI=1S/C19H21N5O4S/c1-10-6-5-7-14(11(10)2)21-15(25)9-29-19-23-22-16(28-19)8-13-12(3)20-18(27)24(4)17(13)26/h5-7,13H,8-9H2,1-4H3,(H,21,25). The molecule has 2 aromatic rings. The molecule has 152 valence electrons. The smallest absolute Gasteiger partial charge is 0.349 e. The van der Waals surface area contributed by atoms with Crippen molar-refractivity contribution in [3.8, 4) is 0 Å². The van der Waals surface area contributed by atoms with E-state index in [0.717, 1.165) is 33.5 Å². The van der Waals surface area contributed by atoms with Gasteiger partial charge in [-0.3, -0.25) is 14.5 Å². The number of carbonyl (C=O) groups is 3. The lowest BCUT2D eigenvalue weighted by Gasteiger charge is -2.24. The van der Waals surface area contributed by atoms with E-state index >= 15 is 0 Å². The molecule has 1 atom stereocenters. The maximum absolute atomic E-state index is 12.3. The zero-order chi connectivity index (χ0) is 21.1. The number of thioether (sulfide) groups is 1. The Hall–Kier alpha value is -3.01. The van der Waals surface area contributed by atoms with Crippen molar-refractivity contribution < 1.29 is 18.8 Å². The zero-order valence-corrected chi connectivity index (χ0v) is 17.4. The van der Waals surface area contributed by atoms with Crippen molar-refractivity contribution in [1.82, 2.24) is 15.1 Å². The minimum atomic E-state index is -0.622. The summed E-state index contributed by atoms with van der Waals surface area (Å²) < 4.78 is 5.54. The van der Waals surface area contributed by atoms with E-state index < -0.39 is 11.9 Å². The molecular formula is C19H21N5O4S. The van der Waals surface area contributed by atoms with Crippen LogP contribution in [0, 0.1) is 19.8 Å². The lowest BCUT2D eigenvalue weighted by Crippen LogP contribution is -2.44. The summed E-state index contributed by atoms with van der Waals surface area (Å²) in [7, 11) is 1.39. The van der Waals surface area contributed by atoms with Gasteiger partial charge in [-0.1, -0.05) is 23.9 Å². The lowest BCUT2D eigenvalue weighted by atomic mass is 9.97. The van der Waals surface area contributed by atoms with Crippen molar-refractivity contribution in [3.63, 3.8) is 0 Å². The number of carbonyl (C=O) groups excluding carboxylic acids is 3. The van der Waals surface area contributed by atoms with Gasteiger partial charge in [0.05, 0.1) is 11.7 Å². The molecule has 1 aliphatic rings. The van der Waals surface area contributed by atoms with Crippen LogP contribution in [0.1, 0.15) is 23.9 Å². The number of nitrogens with one attached hydrogen (secondary N) is 1. The minimum absolute atomic E-state index is 0.106. The number of aromatic nitrogens is 2. The first-order chi connectivity index (χ1) is 13.8. The first-order valence-corrected chi connectivity index (χ1v) is 9.92. The molecule has 9 nitrogen and oxygen atoms in total. The fraction of sp³-hybridized carbons (Fsp3) is 0.368. The van der Waals surface area contributed by atoms with E-state index in [1.807, 2.05) is 32.0 Å². The second kappa shape index (κ2) is 8.56. The van der Waals surface area contributed by atoms with E-state index in [4.69, 9.17) is 4.42 Å². The van der Waals surface area contributed by atoms with Gasteiger partial charge in [0.25, 0.3) is 5.22 Å². The van der Waals surface area contributed by atoms with Crippen molar-refractivity contribution in [3.05, 3.63) is 35.2 Å². The molecule has 10 heteroatoms. The molecule has 3 rings (SSSR count).